The number of rotatable bonds is 4. The zero-order chi connectivity index (χ0) is 10.0. The molecule has 1 aromatic heterocycles. The molecule has 0 spiro atoms. The molecule has 1 fully saturated rings. The minimum absolute atomic E-state index is 0.380. The van der Waals surface area contributed by atoms with Crippen molar-refractivity contribution in [2.24, 2.45) is 0 Å². The van der Waals surface area contributed by atoms with E-state index in [1.165, 1.54) is 5.56 Å². The van der Waals surface area contributed by atoms with E-state index in [0.29, 0.717) is 0 Å². The van der Waals surface area contributed by atoms with Gasteiger partial charge in [0.2, 0.25) is 0 Å². The Hall–Kier alpha value is -0.380. The van der Waals surface area contributed by atoms with Crippen LogP contribution in [0.3, 0.4) is 0 Å². The maximum absolute atomic E-state index is 9.81. The summed E-state index contributed by atoms with van der Waals surface area (Å²) in [4.78, 5) is 2.32. The first kappa shape index (κ1) is 10.1. The lowest BCUT2D eigenvalue weighted by molar-refractivity contribution is -0.0986. The predicted molar refractivity (Wildman–Crippen MR) is 59.7 cm³/mol. The molecule has 0 unspecified atom stereocenters. The maximum atomic E-state index is 9.81. The molecule has 0 amide bonds. The third-order valence-electron chi connectivity index (χ3n) is 2.99. The second kappa shape index (κ2) is 4.01. The molecule has 2 nitrogen and oxygen atoms in total. The number of nitrogens with zero attached hydrogens (tertiary/aromatic N) is 1. The molecule has 0 aromatic carbocycles. The van der Waals surface area contributed by atoms with E-state index in [9.17, 15) is 5.11 Å². The molecule has 0 aliphatic carbocycles. The van der Waals surface area contributed by atoms with Crippen LogP contribution >= 0.6 is 11.3 Å². The van der Waals surface area contributed by atoms with Gasteiger partial charge in [-0.15, -0.1) is 0 Å². The Morgan fingerprint density at radius 2 is 2.36 bits per heavy atom. The third kappa shape index (κ3) is 2.16. The molecular formula is C11H17NOS. The maximum Gasteiger partial charge on any atom is 0.0897 e. The van der Waals surface area contributed by atoms with Crippen molar-refractivity contribution in [2.45, 2.75) is 25.4 Å². The highest BCUT2D eigenvalue weighted by atomic mass is 32.1. The van der Waals surface area contributed by atoms with Crippen LogP contribution in [0.4, 0.5) is 0 Å². The summed E-state index contributed by atoms with van der Waals surface area (Å²) in [7, 11) is 0. The van der Waals surface area contributed by atoms with Crippen LogP contribution in [0.1, 0.15) is 18.9 Å². The molecule has 0 saturated carbocycles. The van der Waals surface area contributed by atoms with E-state index in [-0.39, 0.29) is 5.60 Å². The van der Waals surface area contributed by atoms with Crippen molar-refractivity contribution in [3.63, 3.8) is 0 Å². The monoisotopic (exact) mass is 211 g/mol. The molecule has 14 heavy (non-hydrogen) atoms. The molecule has 1 aliphatic heterocycles. The molecule has 0 radical (unpaired) electrons. The van der Waals surface area contributed by atoms with E-state index in [1.54, 1.807) is 11.3 Å². The number of thiophene rings is 1. The summed E-state index contributed by atoms with van der Waals surface area (Å²) in [5, 5.41) is 14.1. The molecule has 0 atom stereocenters. The quantitative estimate of drug-likeness (QED) is 0.820. The molecule has 2 heterocycles. The number of hydrogen-bond donors (Lipinski definition) is 1. The van der Waals surface area contributed by atoms with Gasteiger partial charge in [0.25, 0.3) is 0 Å². The van der Waals surface area contributed by atoms with Crippen molar-refractivity contribution in [1.29, 1.82) is 0 Å². The fourth-order valence-electron chi connectivity index (χ4n) is 1.89. The van der Waals surface area contributed by atoms with Crippen molar-refractivity contribution in [3.05, 3.63) is 22.4 Å². The van der Waals surface area contributed by atoms with Gasteiger partial charge in [-0.2, -0.15) is 11.3 Å². The first-order chi connectivity index (χ1) is 6.72. The van der Waals surface area contributed by atoms with Gasteiger partial charge in [0.15, 0.2) is 0 Å². The van der Waals surface area contributed by atoms with Gasteiger partial charge in [-0.25, -0.2) is 0 Å². The number of hydrogen-bond acceptors (Lipinski definition) is 3. The first-order valence-corrected chi connectivity index (χ1v) is 6.12. The Morgan fingerprint density at radius 3 is 2.93 bits per heavy atom. The summed E-state index contributed by atoms with van der Waals surface area (Å²) in [6, 6.07) is 2.18. The van der Waals surface area contributed by atoms with Crippen molar-refractivity contribution in [3.8, 4) is 0 Å². The minimum atomic E-state index is -0.380. The Morgan fingerprint density at radius 1 is 1.57 bits per heavy atom. The Kier molecular flexibility index (Phi) is 2.91. The van der Waals surface area contributed by atoms with Crippen molar-refractivity contribution in [2.75, 3.05) is 19.6 Å². The molecule has 78 valence electrons. The predicted octanol–water partition coefficient (Wildman–Crippen LogP) is 1.75. The van der Waals surface area contributed by atoms with Crippen LogP contribution in [0, 0.1) is 0 Å². The summed E-state index contributed by atoms with van der Waals surface area (Å²) >= 11 is 1.75. The number of aliphatic hydroxyl groups is 1. The summed E-state index contributed by atoms with van der Waals surface area (Å²) < 4.78 is 0. The zero-order valence-corrected chi connectivity index (χ0v) is 9.39. The Labute approximate surface area is 89.2 Å². The van der Waals surface area contributed by atoms with Crippen molar-refractivity contribution >= 4 is 11.3 Å². The van der Waals surface area contributed by atoms with Gasteiger partial charge in [-0.1, -0.05) is 6.92 Å². The van der Waals surface area contributed by atoms with Crippen LogP contribution in [-0.2, 0) is 6.42 Å². The topological polar surface area (TPSA) is 23.5 Å². The van der Waals surface area contributed by atoms with Crippen LogP contribution in [0.2, 0.25) is 0 Å². The molecule has 1 saturated heterocycles. The largest absolute Gasteiger partial charge is 0.387 e. The summed E-state index contributed by atoms with van der Waals surface area (Å²) in [5.41, 5.74) is 1.04. The van der Waals surface area contributed by atoms with Gasteiger partial charge in [-0.05, 0) is 35.2 Å². The third-order valence-corrected chi connectivity index (χ3v) is 3.72. The highest BCUT2D eigenvalue weighted by molar-refractivity contribution is 7.07. The standard InChI is InChI=1S/C11H17NOS/c1-2-11(13)8-12(9-11)5-3-10-4-6-14-7-10/h4,6-7,13H,2-3,5,8-9H2,1H3. The van der Waals surface area contributed by atoms with Crippen LogP contribution in [-0.4, -0.2) is 35.2 Å². The summed E-state index contributed by atoms with van der Waals surface area (Å²) in [6.07, 6.45) is 1.99. The first-order valence-electron chi connectivity index (χ1n) is 5.18. The van der Waals surface area contributed by atoms with Crippen molar-refractivity contribution < 1.29 is 5.11 Å². The van der Waals surface area contributed by atoms with Crippen LogP contribution in [0.25, 0.3) is 0 Å². The van der Waals surface area contributed by atoms with E-state index in [2.05, 4.69) is 28.7 Å². The van der Waals surface area contributed by atoms with E-state index in [4.69, 9.17) is 0 Å². The minimum Gasteiger partial charge on any atom is -0.387 e. The average molecular weight is 211 g/mol. The molecule has 1 N–H and O–H groups in total. The van der Waals surface area contributed by atoms with Gasteiger partial charge in [-0.3, -0.25) is 4.90 Å². The SMILES string of the molecule is CCC1(O)CN(CCc2ccsc2)C1. The summed E-state index contributed by atoms with van der Waals surface area (Å²) in [6.45, 7) is 4.84. The average Bonchev–Trinajstić information content (AvgIpc) is 2.63. The number of β-amino-alcohol motifs (C(OH)–C–C–N with tert-alkyl or cyclic N) is 1. The van der Waals surface area contributed by atoms with E-state index in [0.717, 1.165) is 32.5 Å². The lowest BCUT2D eigenvalue weighted by Gasteiger charge is -2.46. The smallest absolute Gasteiger partial charge is 0.0897 e. The summed E-state index contributed by atoms with van der Waals surface area (Å²) in [5.74, 6) is 0. The van der Waals surface area contributed by atoms with Crippen LogP contribution in [0.5, 0.6) is 0 Å². The Balaban J connectivity index is 1.70. The second-order valence-electron chi connectivity index (χ2n) is 4.17. The van der Waals surface area contributed by atoms with Gasteiger partial charge in [0.1, 0.15) is 0 Å². The van der Waals surface area contributed by atoms with E-state index >= 15 is 0 Å². The molecular weight excluding hydrogens is 194 g/mol. The van der Waals surface area contributed by atoms with Gasteiger partial charge in [0, 0.05) is 19.6 Å². The highest BCUT2D eigenvalue weighted by Gasteiger charge is 2.38. The fourth-order valence-corrected chi connectivity index (χ4v) is 2.59. The Bertz CT molecular complexity index is 277. The second-order valence-corrected chi connectivity index (χ2v) is 4.95. The molecule has 1 aromatic rings. The van der Waals surface area contributed by atoms with Gasteiger partial charge < -0.3 is 5.11 Å². The highest BCUT2D eigenvalue weighted by Crippen LogP contribution is 2.24. The normalized spacial score (nSPS) is 20.7. The lowest BCUT2D eigenvalue weighted by Crippen LogP contribution is -2.61. The van der Waals surface area contributed by atoms with E-state index < -0.39 is 0 Å². The van der Waals surface area contributed by atoms with Crippen LogP contribution in [0.15, 0.2) is 16.8 Å². The molecule has 3 heteroatoms. The lowest BCUT2D eigenvalue weighted by atomic mass is 9.91. The van der Waals surface area contributed by atoms with Crippen LogP contribution < -0.4 is 0 Å². The molecule has 0 bridgehead atoms. The molecule has 1 aliphatic rings. The van der Waals surface area contributed by atoms with Gasteiger partial charge in [0.05, 0.1) is 5.60 Å². The van der Waals surface area contributed by atoms with Gasteiger partial charge >= 0.3 is 0 Å². The fraction of sp³-hybridized carbons (Fsp3) is 0.636. The zero-order valence-electron chi connectivity index (χ0n) is 8.57. The van der Waals surface area contributed by atoms with Crippen molar-refractivity contribution in [1.82, 2.24) is 4.90 Å². The van der Waals surface area contributed by atoms with E-state index in [1.807, 2.05) is 0 Å². The number of likely N-dealkylation sites (tertiary alicyclic amines) is 1. The molecule has 2 rings (SSSR count).